The first kappa shape index (κ1) is 12.5. The van der Waals surface area contributed by atoms with Crippen molar-refractivity contribution < 1.29 is 9.59 Å². The average Bonchev–Trinajstić information content (AvgIpc) is 2.80. The van der Waals surface area contributed by atoms with Gasteiger partial charge in [0.15, 0.2) is 0 Å². The zero-order valence-corrected chi connectivity index (χ0v) is 11.1. The van der Waals surface area contributed by atoms with E-state index in [0.29, 0.717) is 12.2 Å². The molecule has 0 aliphatic carbocycles. The summed E-state index contributed by atoms with van der Waals surface area (Å²) in [6.45, 7) is 2.35. The predicted octanol–water partition coefficient (Wildman–Crippen LogP) is 2.16. The van der Waals surface area contributed by atoms with E-state index in [1.54, 1.807) is 6.20 Å². The number of Topliss-reactive ketones (excluding diaryl/α,β-unsaturated/α-hetero) is 1. The van der Waals surface area contributed by atoms with Crippen LogP contribution in [-0.4, -0.2) is 23.2 Å². The molecule has 0 N–H and O–H groups in total. The van der Waals surface area contributed by atoms with Crippen LogP contribution in [0.2, 0.25) is 0 Å². The van der Waals surface area contributed by atoms with Crippen LogP contribution in [0.3, 0.4) is 0 Å². The first-order valence-electron chi connectivity index (χ1n) is 6.46. The van der Waals surface area contributed by atoms with Gasteiger partial charge in [0, 0.05) is 18.5 Å². The number of anilines is 1. The smallest absolute Gasteiger partial charge is 0.294 e. The highest BCUT2D eigenvalue weighted by Crippen LogP contribution is 2.30. The van der Waals surface area contributed by atoms with E-state index in [-0.39, 0.29) is 12.2 Å². The number of aromatic nitrogens is 1. The van der Waals surface area contributed by atoms with Gasteiger partial charge in [-0.2, -0.15) is 0 Å². The average molecular weight is 265 g/mol. The Bertz CT molecular complexity index is 680. The van der Waals surface area contributed by atoms with E-state index in [0.717, 1.165) is 16.7 Å². The Morgan fingerprint density at radius 3 is 2.60 bits per heavy atom. The zero-order chi connectivity index (χ0) is 14.1. The number of ketones is 1. The fraction of sp³-hybridized carbons (Fsp3) is 0.188. The molecule has 0 saturated carbocycles. The summed E-state index contributed by atoms with van der Waals surface area (Å²) in [5.74, 6) is -0.779. The molecule has 1 aliphatic heterocycles. The highest BCUT2D eigenvalue weighted by molar-refractivity contribution is 6.43. The number of hydrogen-bond donors (Lipinski definition) is 0. The van der Waals surface area contributed by atoms with Gasteiger partial charge in [-0.15, -0.1) is 0 Å². The van der Waals surface area contributed by atoms with Crippen molar-refractivity contribution in [1.29, 1.82) is 0 Å². The molecule has 0 unspecified atom stereocenters. The Morgan fingerprint density at radius 1 is 1.20 bits per heavy atom. The van der Waals surface area contributed by atoms with E-state index >= 15 is 0 Å². The summed E-state index contributed by atoms with van der Waals surface area (Å²) in [7, 11) is 0. The van der Waals surface area contributed by atoms with Gasteiger partial charge in [0.2, 0.25) is 5.78 Å². The Morgan fingerprint density at radius 2 is 1.95 bits per heavy atom. The van der Waals surface area contributed by atoms with Crippen LogP contribution in [-0.2, 0) is 9.59 Å². The highest BCUT2D eigenvalue weighted by atomic mass is 16.2. The van der Waals surface area contributed by atoms with Crippen molar-refractivity contribution in [3.05, 3.63) is 48.3 Å². The number of amides is 1. The van der Waals surface area contributed by atoms with Gasteiger partial charge in [-0.1, -0.05) is 30.3 Å². The molecule has 4 heteroatoms. The van der Waals surface area contributed by atoms with Gasteiger partial charge < -0.3 is 4.90 Å². The molecule has 1 amide bonds. The zero-order valence-electron chi connectivity index (χ0n) is 11.1. The van der Waals surface area contributed by atoms with Crippen LogP contribution in [0.15, 0.2) is 36.5 Å². The number of pyridine rings is 1. The normalized spacial score (nSPS) is 14.9. The largest absolute Gasteiger partial charge is 0.304 e. The maximum absolute atomic E-state index is 11.8. The first-order valence-corrected chi connectivity index (χ1v) is 6.46. The SMILES string of the molecule is Cc1c(-c2ccccc2)[c]ncc1N1CCC(=O)C1=O. The summed E-state index contributed by atoms with van der Waals surface area (Å²) in [6.07, 6.45) is 4.84. The van der Waals surface area contributed by atoms with Crippen LogP contribution in [0, 0.1) is 13.1 Å². The summed E-state index contributed by atoms with van der Waals surface area (Å²) in [6, 6.07) is 9.78. The lowest BCUT2D eigenvalue weighted by atomic mass is 10.0. The van der Waals surface area contributed by atoms with E-state index in [1.807, 2.05) is 37.3 Å². The standard InChI is InChI=1S/C16H13N2O2/c1-11-13(12-5-3-2-4-6-12)9-17-10-14(11)18-8-7-15(19)16(18)20/h2-6,10H,7-8H2,1H3. The van der Waals surface area contributed by atoms with Crippen molar-refractivity contribution in [1.82, 2.24) is 4.98 Å². The third-order valence-electron chi connectivity index (χ3n) is 3.52. The Hall–Kier alpha value is -2.49. The highest BCUT2D eigenvalue weighted by Gasteiger charge is 2.31. The fourth-order valence-electron chi connectivity index (χ4n) is 2.43. The molecule has 1 aromatic carbocycles. The second-order valence-corrected chi connectivity index (χ2v) is 4.75. The Kier molecular flexibility index (Phi) is 3.06. The second-order valence-electron chi connectivity index (χ2n) is 4.75. The molecule has 0 bridgehead atoms. The van der Waals surface area contributed by atoms with Gasteiger partial charge in [0.1, 0.15) is 0 Å². The van der Waals surface area contributed by atoms with Crippen LogP contribution in [0.25, 0.3) is 11.1 Å². The molecule has 1 aliphatic rings. The summed E-state index contributed by atoms with van der Waals surface area (Å²) in [5.41, 5.74) is 3.46. The summed E-state index contributed by atoms with van der Waals surface area (Å²) in [4.78, 5) is 28.8. The van der Waals surface area contributed by atoms with Gasteiger partial charge in [0.25, 0.3) is 5.91 Å². The minimum absolute atomic E-state index is 0.275. The number of hydrogen-bond acceptors (Lipinski definition) is 3. The predicted molar refractivity (Wildman–Crippen MR) is 75.2 cm³/mol. The molecule has 1 aromatic heterocycles. The number of carbonyl (C=O) groups is 2. The molecule has 1 fully saturated rings. The van der Waals surface area contributed by atoms with Crippen molar-refractivity contribution in [2.75, 3.05) is 11.4 Å². The maximum Gasteiger partial charge on any atom is 0.294 e. The van der Waals surface area contributed by atoms with E-state index in [4.69, 9.17) is 0 Å². The molecule has 0 spiro atoms. The Balaban J connectivity index is 2.07. The molecule has 1 saturated heterocycles. The van der Waals surface area contributed by atoms with Crippen molar-refractivity contribution in [3.63, 3.8) is 0 Å². The summed E-state index contributed by atoms with van der Waals surface area (Å²) >= 11 is 0. The number of benzene rings is 1. The van der Waals surface area contributed by atoms with Gasteiger partial charge >= 0.3 is 0 Å². The second kappa shape index (κ2) is 4.89. The number of rotatable bonds is 2. The van der Waals surface area contributed by atoms with Gasteiger partial charge in [-0.3, -0.25) is 14.6 Å². The molecule has 1 radical (unpaired) electrons. The first-order chi connectivity index (χ1) is 9.68. The molecule has 3 rings (SSSR count). The number of nitrogens with zero attached hydrogens (tertiary/aromatic N) is 2. The van der Waals surface area contributed by atoms with Crippen LogP contribution in [0.5, 0.6) is 0 Å². The van der Waals surface area contributed by atoms with Crippen molar-refractivity contribution >= 4 is 17.4 Å². The van der Waals surface area contributed by atoms with E-state index in [1.165, 1.54) is 4.90 Å². The minimum atomic E-state index is -0.444. The summed E-state index contributed by atoms with van der Waals surface area (Å²) in [5, 5.41) is 0. The van der Waals surface area contributed by atoms with Crippen LogP contribution in [0.1, 0.15) is 12.0 Å². The fourth-order valence-corrected chi connectivity index (χ4v) is 2.43. The third kappa shape index (κ3) is 1.99. The molecule has 4 nitrogen and oxygen atoms in total. The van der Waals surface area contributed by atoms with E-state index in [9.17, 15) is 9.59 Å². The topological polar surface area (TPSA) is 50.3 Å². The quantitative estimate of drug-likeness (QED) is 0.782. The third-order valence-corrected chi connectivity index (χ3v) is 3.52. The van der Waals surface area contributed by atoms with Gasteiger partial charge in [0.05, 0.1) is 18.1 Å². The molecule has 20 heavy (non-hydrogen) atoms. The molecular formula is C16H13N2O2. The van der Waals surface area contributed by atoms with Gasteiger partial charge in [-0.05, 0) is 18.1 Å². The minimum Gasteiger partial charge on any atom is -0.304 e. The van der Waals surface area contributed by atoms with Crippen LogP contribution in [0.4, 0.5) is 5.69 Å². The Labute approximate surface area is 117 Å². The van der Waals surface area contributed by atoms with Crippen molar-refractivity contribution in [3.8, 4) is 11.1 Å². The van der Waals surface area contributed by atoms with E-state index in [2.05, 4.69) is 11.2 Å². The lowest BCUT2D eigenvalue weighted by Gasteiger charge is -2.18. The van der Waals surface area contributed by atoms with Crippen molar-refractivity contribution in [2.45, 2.75) is 13.3 Å². The molecule has 2 aromatic rings. The molecule has 0 atom stereocenters. The monoisotopic (exact) mass is 265 g/mol. The number of carbonyl (C=O) groups excluding carboxylic acids is 2. The molecular weight excluding hydrogens is 252 g/mol. The van der Waals surface area contributed by atoms with E-state index < -0.39 is 5.91 Å². The lowest BCUT2D eigenvalue weighted by molar-refractivity contribution is -0.133. The van der Waals surface area contributed by atoms with Crippen molar-refractivity contribution in [2.24, 2.45) is 0 Å². The lowest BCUT2D eigenvalue weighted by Crippen LogP contribution is -2.27. The van der Waals surface area contributed by atoms with Gasteiger partial charge in [-0.25, -0.2) is 0 Å². The molecule has 99 valence electrons. The van der Waals surface area contributed by atoms with Crippen LogP contribution >= 0.6 is 0 Å². The maximum atomic E-state index is 11.8. The van der Waals surface area contributed by atoms with Crippen LogP contribution < -0.4 is 4.90 Å². The summed E-state index contributed by atoms with van der Waals surface area (Å²) < 4.78 is 0. The molecule has 2 heterocycles.